The highest BCUT2D eigenvalue weighted by atomic mass is 35.5. The van der Waals surface area contributed by atoms with E-state index in [4.69, 9.17) is 16.0 Å². The molecular weight excluding hydrogens is 419 g/mol. The maximum absolute atomic E-state index is 13.2. The van der Waals surface area contributed by atoms with E-state index < -0.39 is 5.82 Å². The molecule has 1 saturated heterocycles. The topological polar surface area (TPSA) is 71.3 Å². The largest absolute Gasteiger partial charge is 0.450 e. The highest BCUT2D eigenvalue weighted by Crippen LogP contribution is 2.33. The van der Waals surface area contributed by atoms with Crippen LogP contribution in [0.4, 0.5) is 10.2 Å². The minimum atomic E-state index is -0.393. The van der Waals surface area contributed by atoms with E-state index in [9.17, 15) is 9.18 Å². The number of amides is 1. The van der Waals surface area contributed by atoms with Crippen molar-refractivity contribution in [2.24, 2.45) is 5.92 Å². The Balaban J connectivity index is 1.26. The third-order valence-electron chi connectivity index (χ3n) is 5.77. The first-order valence-electron chi connectivity index (χ1n) is 10.2. The van der Waals surface area contributed by atoms with Crippen molar-refractivity contribution in [1.29, 1.82) is 0 Å². The molecule has 0 atom stereocenters. The molecule has 3 heterocycles. The van der Waals surface area contributed by atoms with Crippen LogP contribution >= 0.6 is 11.6 Å². The predicted molar refractivity (Wildman–Crippen MR) is 118 cm³/mol. The monoisotopic (exact) mass is 438 g/mol. The molecule has 0 bridgehead atoms. The lowest BCUT2D eigenvalue weighted by molar-refractivity contribution is -0.125. The van der Waals surface area contributed by atoms with Crippen LogP contribution in [-0.4, -0.2) is 29.0 Å². The SMILES string of the molecule is O=C(NCc1ccc(F)cc1Cl)C1CCN(c2ncnc3c2oc2ccccc23)CC1. The molecule has 1 aliphatic rings. The smallest absolute Gasteiger partial charge is 0.223 e. The Hall–Kier alpha value is -3.19. The number of hydrogen-bond acceptors (Lipinski definition) is 5. The molecule has 0 aliphatic carbocycles. The van der Waals surface area contributed by atoms with Gasteiger partial charge in [0.1, 0.15) is 23.2 Å². The first-order valence-corrected chi connectivity index (χ1v) is 10.6. The van der Waals surface area contributed by atoms with Gasteiger partial charge in [0, 0.05) is 36.0 Å². The van der Waals surface area contributed by atoms with Crippen LogP contribution in [-0.2, 0) is 11.3 Å². The molecule has 31 heavy (non-hydrogen) atoms. The summed E-state index contributed by atoms with van der Waals surface area (Å²) in [6, 6.07) is 12.0. The Morgan fingerprint density at radius 2 is 2.00 bits per heavy atom. The summed E-state index contributed by atoms with van der Waals surface area (Å²) in [4.78, 5) is 23.6. The minimum Gasteiger partial charge on any atom is -0.450 e. The third kappa shape index (κ3) is 3.81. The predicted octanol–water partition coefficient (Wildman–Crippen LogP) is 4.70. The van der Waals surface area contributed by atoms with Gasteiger partial charge in [-0.2, -0.15) is 0 Å². The number of para-hydroxylation sites is 1. The summed E-state index contributed by atoms with van der Waals surface area (Å²) >= 11 is 6.04. The van der Waals surface area contributed by atoms with Crippen LogP contribution in [0.25, 0.3) is 22.1 Å². The molecule has 4 aromatic rings. The number of furan rings is 1. The summed E-state index contributed by atoms with van der Waals surface area (Å²) < 4.78 is 19.2. The van der Waals surface area contributed by atoms with E-state index in [1.54, 1.807) is 12.4 Å². The maximum atomic E-state index is 13.2. The number of benzene rings is 2. The lowest BCUT2D eigenvalue weighted by Crippen LogP contribution is -2.40. The van der Waals surface area contributed by atoms with Gasteiger partial charge in [-0.3, -0.25) is 4.79 Å². The molecular formula is C23H20ClFN4O2. The fourth-order valence-electron chi connectivity index (χ4n) is 4.08. The molecule has 1 fully saturated rings. The van der Waals surface area contributed by atoms with Crippen LogP contribution in [0.15, 0.2) is 53.2 Å². The fraction of sp³-hybridized carbons (Fsp3) is 0.261. The molecule has 0 spiro atoms. The number of halogens is 2. The number of piperidine rings is 1. The van der Waals surface area contributed by atoms with Gasteiger partial charge in [0.05, 0.1) is 0 Å². The fourth-order valence-corrected chi connectivity index (χ4v) is 4.32. The van der Waals surface area contributed by atoms with E-state index in [2.05, 4.69) is 20.2 Å². The van der Waals surface area contributed by atoms with E-state index >= 15 is 0 Å². The van der Waals surface area contributed by atoms with Gasteiger partial charge in [0.15, 0.2) is 11.4 Å². The van der Waals surface area contributed by atoms with Gasteiger partial charge in [-0.15, -0.1) is 0 Å². The van der Waals surface area contributed by atoms with E-state index in [-0.39, 0.29) is 18.4 Å². The summed E-state index contributed by atoms with van der Waals surface area (Å²) in [6.07, 6.45) is 2.97. The number of rotatable bonds is 4. The Morgan fingerprint density at radius 1 is 1.19 bits per heavy atom. The zero-order chi connectivity index (χ0) is 21.4. The molecule has 8 heteroatoms. The molecule has 1 amide bonds. The van der Waals surface area contributed by atoms with E-state index in [0.29, 0.717) is 42.1 Å². The second-order valence-electron chi connectivity index (χ2n) is 7.69. The third-order valence-corrected chi connectivity index (χ3v) is 6.12. The van der Waals surface area contributed by atoms with Crippen LogP contribution in [0.5, 0.6) is 0 Å². The summed E-state index contributed by atoms with van der Waals surface area (Å²) in [5.74, 6) is 0.258. The van der Waals surface area contributed by atoms with Crippen molar-refractivity contribution in [2.75, 3.05) is 18.0 Å². The van der Waals surface area contributed by atoms with Crippen molar-refractivity contribution in [3.05, 3.63) is 65.2 Å². The molecule has 0 saturated carbocycles. The number of anilines is 1. The van der Waals surface area contributed by atoms with Crippen molar-refractivity contribution in [1.82, 2.24) is 15.3 Å². The highest BCUT2D eigenvalue weighted by Gasteiger charge is 2.27. The molecule has 0 radical (unpaired) electrons. The standard InChI is InChI=1S/C23H20ClFN4O2/c24-18-11-16(25)6-5-15(18)12-26-23(30)14-7-9-29(10-8-14)22-21-20(27-13-28-22)17-3-1-2-4-19(17)31-21/h1-6,11,13-14H,7-10,12H2,(H,26,30). The molecule has 5 rings (SSSR count). The molecule has 158 valence electrons. The Kier molecular flexibility index (Phi) is 5.19. The Labute approximate surface area is 183 Å². The number of fused-ring (bicyclic) bond motifs is 3. The van der Waals surface area contributed by atoms with Gasteiger partial charge < -0.3 is 14.6 Å². The number of nitrogens with zero attached hydrogens (tertiary/aromatic N) is 3. The van der Waals surface area contributed by atoms with Gasteiger partial charge in [0.2, 0.25) is 5.91 Å². The van der Waals surface area contributed by atoms with Gasteiger partial charge >= 0.3 is 0 Å². The number of hydrogen-bond donors (Lipinski definition) is 1. The number of aromatic nitrogens is 2. The van der Waals surface area contributed by atoms with Crippen molar-refractivity contribution in [3.8, 4) is 0 Å². The lowest BCUT2D eigenvalue weighted by Gasteiger charge is -2.32. The summed E-state index contributed by atoms with van der Waals surface area (Å²) in [6.45, 7) is 1.67. The van der Waals surface area contributed by atoms with Gasteiger partial charge in [-0.25, -0.2) is 14.4 Å². The summed E-state index contributed by atoms with van der Waals surface area (Å²) in [5.41, 5.74) is 2.96. The quantitative estimate of drug-likeness (QED) is 0.500. The lowest BCUT2D eigenvalue weighted by atomic mass is 9.95. The molecule has 1 N–H and O–H groups in total. The summed E-state index contributed by atoms with van der Waals surface area (Å²) in [7, 11) is 0. The maximum Gasteiger partial charge on any atom is 0.223 e. The number of nitrogens with one attached hydrogen (secondary N) is 1. The first kappa shape index (κ1) is 19.8. The zero-order valence-corrected chi connectivity index (χ0v) is 17.4. The zero-order valence-electron chi connectivity index (χ0n) is 16.6. The second-order valence-corrected chi connectivity index (χ2v) is 8.10. The number of carbonyl (C=O) groups excluding carboxylic acids is 1. The van der Waals surface area contributed by atoms with Crippen molar-refractivity contribution >= 4 is 45.4 Å². The molecule has 2 aromatic heterocycles. The normalized spacial score (nSPS) is 15.0. The molecule has 0 unspecified atom stereocenters. The molecule has 2 aromatic carbocycles. The van der Waals surface area contributed by atoms with Crippen molar-refractivity contribution in [2.45, 2.75) is 19.4 Å². The van der Waals surface area contributed by atoms with Crippen molar-refractivity contribution in [3.63, 3.8) is 0 Å². The van der Waals surface area contributed by atoms with E-state index in [1.807, 2.05) is 24.3 Å². The van der Waals surface area contributed by atoms with Crippen LogP contribution in [0.2, 0.25) is 5.02 Å². The highest BCUT2D eigenvalue weighted by molar-refractivity contribution is 6.31. The minimum absolute atomic E-state index is 0.0170. The van der Waals surface area contributed by atoms with E-state index in [1.165, 1.54) is 12.1 Å². The van der Waals surface area contributed by atoms with Crippen LogP contribution in [0, 0.1) is 11.7 Å². The molecule has 1 aliphatic heterocycles. The van der Waals surface area contributed by atoms with Crippen molar-refractivity contribution < 1.29 is 13.6 Å². The van der Waals surface area contributed by atoms with Gasteiger partial charge in [0.25, 0.3) is 0 Å². The van der Waals surface area contributed by atoms with E-state index in [0.717, 1.165) is 22.3 Å². The second kappa shape index (κ2) is 8.15. The van der Waals surface area contributed by atoms with Crippen LogP contribution in [0.1, 0.15) is 18.4 Å². The average Bonchev–Trinajstić information content (AvgIpc) is 3.17. The average molecular weight is 439 g/mol. The van der Waals surface area contributed by atoms with Crippen LogP contribution in [0.3, 0.4) is 0 Å². The van der Waals surface area contributed by atoms with Gasteiger partial charge in [-0.1, -0.05) is 29.8 Å². The Morgan fingerprint density at radius 3 is 2.81 bits per heavy atom. The van der Waals surface area contributed by atoms with Crippen LogP contribution < -0.4 is 10.2 Å². The first-order chi connectivity index (χ1) is 15.1. The number of carbonyl (C=O) groups is 1. The summed E-state index contributed by atoms with van der Waals surface area (Å²) in [5, 5.41) is 4.20. The van der Waals surface area contributed by atoms with Gasteiger partial charge in [-0.05, 0) is 42.7 Å². The molecule has 6 nitrogen and oxygen atoms in total. The Bertz CT molecular complexity index is 1270.